The lowest BCUT2D eigenvalue weighted by atomic mass is 9.97. The van der Waals surface area contributed by atoms with E-state index in [2.05, 4.69) is 29.8 Å². The van der Waals surface area contributed by atoms with E-state index < -0.39 is 0 Å². The predicted octanol–water partition coefficient (Wildman–Crippen LogP) is 2.08. The molecular weight excluding hydrogens is 224 g/mol. The molecule has 0 aliphatic carbocycles. The van der Waals surface area contributed by atoms with Crippen molar-refractivity contribution in [1.82, 2.24) is 9.97 Å². The summed E-state index contributed by atoms with van der Waals surface area (Å²) in [6.07, 6.45) is 2.35. The van der Waals surface area contributed by atoms with Gasteiger partial charge < -0.3 is 10.6 Å². The van der Waals surface area contributed by atoms with E-state index in [-0.39, 0.29) is 0 Å². The third kappa shape index (κ3) is 2.99. The molecule has 0 bridgehead atoms. The van der Waals surface area contributed by atoms with Crippen LogP contribution in [0.15, 0.2) is 6.07 Å². The Bertz CT molecular complexity index is 395. The fourth-order valence-corrected chi connectivity index (χ4v) is 2.39. The molecule has 1 fully saturated rings. The van der Waals surface area contributed by atoms with Gasteiger partial charge in [-0.25, -0.2) is 9.97 Å². The first kappa shape index (κ1) is 13.3. The number of anilines is 1. The van der Waals surface area contributed by atoms with E-state index in [0.29, 0.717) is 11.8 Å². The van der Waals surface area contributed by atoms with Crippen molar-refractivity contribution in [2.45, 2.75) is 39.5 Å². The van der Waals surface area contributed by atoms with E-state index in [4.69, 9.17) is 10.7 Å². The summed E-state index contributed by atoms with van der Waals surface area (Å²) in [6, 6.07) is 2.09. The summed E-state index contributed by atoms with van der Waals surface area (Å²) in [7, 11) is 0. The first-order valence-electron chi connectivity index (χ1n) is 6.90. The van der Waals surface area contributed by atoms with Gasteiger partial charge in [-0.2, -0.15) is 0 Å². The predicted molar refractivity (Wildman–Crippen MR) is 74.8 cm³/mol. The van der Waals surface area contributed by atoms with Crippen LogP contribution in [0.3, 0.4) is 0 Å². The van der Waals surface area contributed by atoms with Gasteiger partial charge in [-0.15, -0.1) is 0 Å². The van der Waals surface area contributed by atoms with Crippen LogP contribution in [0.4, 0.5) is 5.82 Å². The largest absolute Gasteiger partial charge is 0.356 e. The van der Waals surface area contributed by atoms with Gasteiger partial charge in [-0.3, -0.25) is 0 Å². The van der Waals surface area contributed by atoms with Crippen molar-refractivity contribution in [3.05, 3.63) is 17.6 Å². The number of piperidine rings is 1. The van der Waals surface area contributed by atoms with Crippen LogP contribution in [-0.4, -0.2) is 29.6 Å². The van der Waals surface area contributed by atoms with E-state index in [0.717, 1.165) is 37.0 Å². The summed E-state index contributed by atoms with van der Waals surface area (Å²) in [5.41, 5.74) is 6.79. The van der Waals surface area contributed by atoms with Crippen molar-refractivity contribution in [2.75, 3.05) is 24.5 Å². The molecule has 2 rings (SSSR count). The minimum Gasteiger partial charge on any atom is -0.356 e. The van der Waals surface area contributed by atoms with Gasteiger partial charge in [0.15, 0.2) is 0 Å². The van der Waals surface area contributed by atoms with Crippen LogP contribution in [0, 0.1) is 12.8 Å². The Kier molecular flexibility index (Phi) is 4.17. The van der Waals surface area contributed by atoms with Gasteiger partial charge in [0.2, 0.25) is 0 Å². The SMILES string of the molecule is Cc1cc(N2CCC(CN)CC2)nc(C(C)C)n1. The standard InChI is InChI=1S/C14H24N4/c1-10(2)14-16-11(3)8-13(17-14)18-6-4-12(9-15)5-7-18/h8,10,12H,4-7,9,15H2,1-3H3. The van der Waals surface area contributed by atoms with Crippen LogP contribution in [0.1, 0.15) is 44.1 Å². The number of nitrogens with zero attached hydrogens (tertiary/aromatic N) is 3. The molecule has 18 heavy (non-hydrogen) atoms. The summed E-state index contributed by atoms with van der Waals surface area (Å²) in [4.78, 5) is 11.6. The summed E-state index contributed by atoms with van der Waals surface area (Å²) >= 11 is 0. The quantitative estimate of drug-likeness (QED) is 0.890. The van der Waals surface area contributed by atoms with E-state index in [1.165, 1.54) is 12.8 Å². The molecule has 1 aliphatic rings. The second-order valence-electron chi connectivity index (χ2n) is 5.55. The molecule has 0 aromatic carbocycles. The molecule has 1 aliphatic heterocycles. The number of nitrogens with two attached hydrogens (primary N) is 1. The lowest BCUT2D eigenvalue weighted by molar-refractivity contribution is 0.412. The summed E-state index contributed by atoms with van der Waals surface area (Å²) < 4.78 is 0. The highest BCUT2D eigenvalue weighted by Crippen LogP contribution is 2.23. The Morgan fingerprint density at radius 2 is 2.00 bits per heavy atom. The van der Waals surface area contributed by atoms with Gasteiger partial charge in [-0.05, 0) is 32.2 Å². The van der Waals surface area contributed by atoms with Gasteiger partial charge >= 0.3 is 0 Å². The van der Waals surface area contributed by atoms with Gasteiger partial charge in [0.1, 0.15) is 11.6 Å². The zero-order valence-electron chi connectivity index (χ0n) is 11.7. The third-order valence-electron chi connectivity index (χ3n) is 3.65. The van der Waals surface area contributed by atoms with Gasteiger partial charge in [-0.1, -0.05) is 13.8 Å². The molecule has 0 unspecified atom stereocenters. The Morgan fingerprint density at radius 1 is 1.33 bits per heavy atom. The van der Waals surface area contributed by atoms with Crippen LogP contribution < -0.4 is 10.6 Å². The van der Waals surface area contributed by atoms with E-state index in [1.54, 1.807) is 0 Å². The van der Waals surface area contributed by atoms with E-state index in [9.17, 15) is 0 Å². The molecule has 1 saturated heterocycles. The Balaban J connectivity index is 2.13. The van der Waals surface area contributed by atoms with Crippen LogP contribution in [-0.2, 0) is 0 Å². The highest BCUT2D eigenvalue weighted by Gasteiger charge is 2.20. The van der Waals surface area contributed by atoms with Crippen molar-refractivity contribution in [1.29, 1.82) is 0 Å². The molecule has 0 spiro atoms. The fraction of sp³-hybridized carbons (Fsp3) is 0.714. The van der Waals surface area contributed by atoms with Crippen molar-refractivity contribution >= 4 is 5.82 Å². The molecule has 2 heterocycles. The number of aromatic nitrogens is 2. The molecular formula is C14H24N4. The van der Waals surface area contributed by atoms with Crippen molar-refractivity contribution in [3.63, 3.8) is 0 Å². The number of aryl methyl sites for hydroxylation is 1. The smallest absolute Gasteiger partial charge is 0.133 e. The fourth-order valence-electron chi connectivity index (χ4n) is 2.39. The molecule has 0 amide bonds. The Morgan fingerprint density at radius 3 is 2.56 bits per heavy atom. The van der Waals surface area contributed by atoms with Crippen molar-refractivity contribution < 1.29 is 0 Å². The number of hydrogen-bond donors (Lipinski definition) is 1. The van der Waals surface area contributed by atoms with E-state index >= 15 is 0 Å². The summed E-state index contributed by atoms with van der Waals surface area (Å²) in [5.74, 6) is 3.10. The molecule has 0 atom stereocenters. The maximum absolute atomic E-state index is 5.73. The first-order valence-corrected chi connectivity index (χ1v) is 6.90. The van der Waals surface area contributed by atoms with E-state index in [1.807, 2.05) is 6.92 Å². The molecule has 2 N–H and O–H groups in total. The zero-order chi connectivity index (χ0) is 13.1. The first-order chi connectivity index (χ1) is 8.60. The summed E-state index contributed by atoms with van der Waals surface area (Å²) in [5, 5.41) is 0. The molecule has 4 heteroatoms. The normalized spacial score (nSPS) is 17.5. The van der Waals surface area contributed by atoms with Gasteiger partial charge in [0, 0.05) is 30.8 Å². The van der Waals surface area contributed by atoms with Crippen LogP contribution >= 0.6 is 0 Å². The summed E-state index contributed by atoms with van der Waals surface area (Å²) in [6.45, 7) is 9.27. The Labute approximate surface area is 110 Å². The monoisotopic (exact) mass is 248 g/mol. The molecule has 0 radical (unpaired) electrons. The minimum atomic E-state index is 0.380. The highest BCUT2D eigenvalue weighted by molar-refractivity contribution is 5.40. The average Bonchev–Trinajstić information content (AvgIpc) is 2.38. The molecule has 4 nitrogen and oxygen atoms in total. The van der Waals surface area contributed by atoms with Gasteiger partial charge in [0.05, 0.1) is 0 Å². The van der Waals surface area contributed by atoms with Crippen LogP contribution in [0.25, 0.3) is 0 Å². The lowest BCUT2D eigenvalue weighted by Gasteiger charge is -2.32. The highest BCUT2D eigenvalue weighted by atomic mass is 15.2. The number of rotatable bonds is 3. The topological polar surface area (TPSA) is 55.0 Å². The zero-order valence-corrected chi connectivity index (χ0v) is 11.7. The second-order valence-corrected chi connectivity index (χ2v) is 5.55. The molecule has 0 saturated carbocycles. The van der Waals surface area contributed by atoms with Crippen LogP contribution in [0.5, 0.6) is 0 Å². The van der Waals surface area contributed by atoms with Crippen molar-refractivity contribution in [3.8, 4) is 0 Å². The Hall–Kier alpha value is -1.16. The lowest BCUT2D eigenvalue weighted by Crippen LogP contribution is -2.36. The second kappa shape index (κ2) is 5.65. The van der Waals surface area contributed by atoms with Crippen LogP contribution in [0.2, 0.25) is 0 Å². The molecule has 1 aromatic rings. The maximum Gasteiger partial charge on any atom is 0.133 e. The maximum atomic E-state index is 5.73. The van der Waals surface area contributed by atoms with Crippen molar-refractivity contribution in [2.24, 2.45) is 11.7 Å². The molecule has 1 aromatic heterocycles. The molecule has 100 valence electrons. The van der Waals surface area contributed by atoms with Gasteiger partial charge in [0.25, 0.3) is 0 Å². The average molecular weight is 248 g/mol. The third-order valence-corrected chi connectivity index (χ3v) is 3.65. The minimum absolute atomic E-state index is 0.380. The number of hydrogen-bond acceptors (Lipinski definition) is 4.